The molecule has 0 spiro atoms. The minimum atomic E-state index is -0.0994. The number of carbonyl (C=O) groups excluding carboxylic acids is 1. The summed E-state index contributed by atoms with van der Waals surface area (Å²) in [6.45, 7) is 1.93. The summed E-state index contributed by atoms with van der Waals surface area (Å²) < 4.78 is 10.7. The van der Waals surface area contributed by atoms with Crippen molar-refractivity contribution in [1.82, 2.24) is 5.32 Å². The van der Waals surface area contributed by atoms with Crippen LogP contribution in [0, 0.1) is 0 Å². The lowest BCUT2D eigenvalue weighted by molar-refractivity contribution is -0.118. The number of methoxy groups -OCH3 is 2. The fourth-order valence-electron chi connectivity index (χ4n) is 3.24. The third-order valence-electron chi connectivity index (χ3n) is 4.41. The molecule has 0 saturated heterocycles. The Morgan fingerprint density at radius 1 is 1.04 bits per heavy atom. The molecule has 26 heavy (non-hydrogen) atoms. The van der Waals surface area contributed by atoms with Crippen molar-refractivity contribution in [3.8, 4) is 23.0 Å². The number of phenols is 2. The van der Waals surface area contributed by atoms with Crippen LogP contribution in [0.3, 0.4) is 0 Å². The van der Waals surface area contributed by atoms with Crippen molar-refractivity contribution in [3.05, 3.63) is 35.9 Å². The first-order chi connectivity index (χ1) is 12.5. The number of amides is 1. The number of carbonyl (C=O) groups is 1. The molecule has 1 amide bonds. The molecule has 6 heteroatoms. The van der Waals surface area contributed by atoms with E-state index in [1.807, 2.05) is 12.1 Å². The van der Waals surface area contributed by atoms with Crippen molar-refractivity contribution in [2.24, 2.45) is 0 Å². The molecular formula is C20H21NO5. The Labute approximate surface area is 151 Å². The Bertz CT molecular complexity index is 997. The average molecular weight is 355 g/mol. The first-order valence-electron chi connectivity index (χ1n) is 8.23. The number of hydrogen-bond donors (Lipinski definition) is 3. The van der Waals surface area contributed by atoms with Gasteiger partial charge in [0.25, 0.3) is 0 Å². The maximum absolute atomic E-state index is 11.1. The van der Waals surface area contributed by atoms with Crippen molar-refractivity contribution < 1.29 is 24.5 Å². The van der Waals surface area contributed by atoms with Gasteiger partial charge in [0, 0.05) is 18.9 Å². The molecule has 6 nitrogen and oxygen atoms in total. The van der Waals surface area contributed by atoms with Gasteiger partial charge in [0.05, 0.1) is 14.2 Å². The van der Waals surface area contributed by atoms with E-state index in [9.17, 15) is 15.0 Å². The molecule has 3 aromatic carbocycles. The smallest absolute Gasteiger partial charge is 0.216 e. The highest BCUT2D eigenvalue weighted by Gasteiger charge is 2.17. The van der Waals surface area contributed by atoms with Crippen molar-refractivity contribution in [2.75, 3.05) is 20.8 Å². The molecule has 0 aliphatic carbocycles. The van der Waals surface area contributed by atoms with Crippen LogP contribution in [-0.4, -0.2) is 36.9 Å². The molecule has 0 aliphatic rings. The van der Waals surface area contributed by atoms with Crippen molar-refractivity contribution in [1.29, 1.82) is 0 Å². The second-order valence-electron chi connectivity index (χ2n) is 6.05. The first-order valence-corrected chi connectivity index (χ1v) is 8.23. The van der Waals surface area contributed by atoms with E-state index in [0.717, 1.165) is 27.1 Å². The van der Waals surface area contributed by atoms with Gasteiger partial charge in [0.1, 0.15) is 0 Å². The number of phenolic OH excluding ortho intramolecular Hbond substituents is 2. The average Bonchev–Trinajstić information content (AvgIpc) is 2.60. The monoisotopic (exact) mass is 355 g/mol. The Kier molecular flexibility index (Phi) is 4.75. The van der Waals surface area contributed by atoms with Crippen LogP contribution < -0.4 is 14.8 Å². The van der Waals surface area contributed by atoms with Gasteiger partial charge in [-0.25, -0.2) is 0 Å². The second kappa shape index (κ2) is 7.00. The fourth-order valence-corrected chi connectivity index (χ4v) is 3.24. The number of nitrogens with one attached hydrogen (secondary N) is 1. The standard InChI is InChI=1S/C20H21NO5/c1-11(22)21-7-6-13-9-17(24)20(26-3)19-14(13)5-4-12-8-16(23)18(25-2)10-15(12)19/h4-5,8-10,23-24H,6-7H2,1-3H3,(H,21,22). The topological polar surface area (TPSA) is 88.0 Å². The predicted octanol–water partition coefficient (Wildman–Crippen LogP) is 3.10. The van der Waals surface area contributed by atoms with E-state index < -0.39 is 0 Å². The van der Waals surface area contributed by atoms with Crippen LogP contribution in [0.5, 0.6) is 23.0 Å². The number of fused-ring (bicyclic) bond motifs is 3. The highest BCUT2D eigenvalue weighted by atomic mass is 16.5. The van der Waals surface area contributed by atoms with E-state index in [4.69, 9.17) is 9.47 Å². The van der Waals surface area contributed by atoms with Crippen LogP contribution in [0.1, 0.15) is 12.5 Å². The SMILES string of the molecule is COc1cc2c(ccc3c(CCNC(C)=O)cc(O)c(OC)c32)cc1O. The summed E-state index contributed by atoms with van der Waals surface area (Å²) in [5.74, 6) is 0.677. The maximum Gasteiger partial charge on any atom is 0.216 e. The van der Waals surface area contributed by atoms with Gasteiger partial charge in [-0.3, -0.25) is 4.79 Å². The lowest BCUT2D eigenvalue weighted by atomic mass is 9.95. The van der Waals surface area contributed by atoms with E-state index in [2.05, 4.69) is 5.32 Å². The van der Waals surface area contributed by atoms with Crippen LogP contribution in [-0.2, 0) is 11.2 Å². The molecule has 0 atom stereocenters. The minimum Gasteiger partial charge on any atom is -0.504 e. The Morgan fingerprint density at radius 2 is 1.81 bits per heavy atom. The lowest BCUT2D eigenvalue weighted by Gasteiger charge is -2.16. The highest BCUT2D eigenvalue weighted by Crippen LogP contribution is 2.43. The second-order valence-corrected chi connectivity index (χ2v) is 6.05. The lowest BCUT2D eigenvalue weighted by Crippen LogP contribution is -2.22. The van der Waals surface area contributed by atoms with E-state index in [0.29, 0.717) is 24.5 Å². The van der Waals surface area contributed by atoms with Crippen molar-refractivity contribution in [2.45, 2.75) is 13.3 Å². The highest BCUT2D eigenvalue weighted by molar-refractivity contribution is 6.13. The number of ether oxygens (including phenoxy) is 2. The van der Waals surface area contributed by atoms with E-state index in [1.165, 1.54) is 21.1 Å². The Morgan fingerprint density at radius 3 is 2.46 bits per heavy atom. The third kappa shape index (κ3) is 3.06. The Hall–Kier alpha value is -3.15. The summed E-state index contributed by atoms with van der Waals surface area (Å²) in [6, 6.07) is 8.83. The molecule has 136 valence electrons. The number of aromatic hydroxyl groups is 2. The fraction of sp³-hybridized carbons (Fsp3) is 0.250. The van der Waals surface area contributed by atoms with Gasteiger partial charge in [-0.15, -0.1) is 0 Å². The quantitative estimate of drug-likeness (QED) is 0.612. The Balaban J connectivity index is 2.29. The maximum atomic E-state index is 11.1. The molecule has 3 N–H and O–H groups in total. The van der Waals surface area contributed by atoms with Gasteiger partial charge in [0.2, 0.25) is 5.91 Å². The van der Waals surface area contributed by atoms with Crippen LogP contribution in [0.2, 0.25) is 0 Å². The summed E-state index contributed by atoms with van der Waals surface area (Å²) in [4.78, 5) is 11.1. The molecule has 3 aromatic rings. The van der Waals surface area contributed by atoms with E-state index >= 15 is 0 Å². The normalized spacial score (nSPS) is 10.9. The molecule has 0 radical (unpaired) electrons. The number of benzene rings is 3. The molecular weight excluding hydrogens is 334 g/mol. The molecule has 0 bridgehead atoms. The van der Waals surface area contributed by atoms with Gasteiger partial charge in [0.15, 0.2) is 23.0 Å². The van der Waals surface area contributed by atoms with Gasteiger partial charge in [-0.05, 0) is 46.3 Å². The predicted molar refractivity (Wildman–Crippen MR) is 100 cm³/mol. The van der Waals surface area contributed by atoms with Crippen molar-refractivity contribution in [3.63, 3.8) is 0 Å². The van der Waals surface area contributed by atoms with Crippen LogP contribution >= 0.6 is 0 Å². The summed E-state index contributed by atoms with van der Waals surface area (Å²) in [5, 5.41) is 26.5. The van der Waals surface area contributed by atoms with Crippen LogP contribution in [0.25, 0.3) is 21.5 Å². The van der Waals surface area contributed by atoms with Gasteiger partial charge in [-0.2, -0.15) is 0 Å². The summed E-state index contributed by atoms with van der Waals surface area (Å²) >= 11 is 0. The largest absolute Gasteiger partial charge is 0.504 e. The zero-order valence-corrected chi connectivity index (χ0v) is 14.9. The number of rotatable bonds is 5. The first kappa shape index (κ1) is 17.7. The zero-order valence-electron chi connectivity index (χ0n) is 14.9. The van der Waals surface area contributed by atoms with Crippen molar-refractivity contribution >= 4 is 27.5 Å². The van der Waals surface area contributed by atoms with Gasteiger partial charge in [-0.1, -0.05) is 12.1 Å². The third-order valence-corrected chi connectivity index (χ3v) is 4.41. The molecule has 0 heterocycles. The molecule has 0 aliphatic heterocycles. The summed E-state index contributed by atoms with van der Waals surface area (Å²) in [7, 11) is 2.99. The van der Waals surface area contributed by atoms with E-state index in [-0.39, 0.29) is 17.4 Å². The van der Waals surface area contributed by atoms with Crippen LogP contribution in [0.4, 0.5) is 0 Å². The molecule has 0 fully saturated rings. The minimum absolute atomic E-state index is 0.0253. The molecule has 3 rings (SSSR count). The summed E-state index contributed by atoms with van der Waals surface area (Å²) in [6.07, 6.45) is 0.564. The molecule has 0 aromatic heterocycles. The number of hydrogen-bond acceptors (Lipinski definition) is 5. The molecule has 0 unspecified atom stereocenters. The van der Waals surface area contributed by atoms with Gasteiger partial charge < -0.3 is 25.0 Å². The van der Waals surface area contributed by atoms with Gasteiger partial charge >= 0.3 is 0 Å². The zero-order chi connectivity index (χ0) is 18.8. The molecule has 0 saturated carbocycles. The van der Waals surface area contributed by atoms with E-state index in [1.54, 1.807) is 18.2 Å². The summed E-state index contributed by atoms with van der Waals surface area (Å²) in [5.41, 5.74) is 0.890. The van der Waals surface area contributed by atoms with Crippen LogP contribution in [0.15, 0.2) is 30.3 Å².